The zero-order chi connectivity index (χ0) is 16.8. The van der Waals surface area contributed by atoms with Crippen molar-refractivity contribution in [2.45, 2.75) is 33.4 Å². The number of urea groups is 1. The maximum atomic E-state index is 12.5. The first-order valence-electron chi connectivity index (χ1n) is 7.63. The summed E-state index contributed by atoms with van der Waals surface area (Å²) in [4.78, 5) is 18.5. The first-order chi connectivity index (χ1) is 11.0. The third-order valence-corrected chi connectivity index (χ3v) is 4.64. The number of aromatic nitrogens is 1. The van der Waals surface area contributed by atoms with Gasteiger partial charge in [0.15, 0.2) is 0 Å². The summed E-state index contributed by atoms with van der Waals surface area (Å²) in [6.07, 6.45) is 0. The average Bonchev–Trinajstić information content (AvgIpc) is 2.95. The lowest BCUT2D eigenvalue weighted by molar-refractivity contribution is 0.171. The summed E-state index contributed by atoms with van der Waals surface area (Å²) in [5.74, 6) is 0. The van der Waals surface area contributed by atoms with Crippen LogP contribution in [-0.2, 0) is 6.54 Å². The number of nitrogens with one attached hydrogen (secondary N) is 1. The number of thiazole rings is 1. The van der Waals surface area contributed by atoms with E-state index in [0.717, 1.165) is 16.3 Å². The molecule has 0 bridgehead atoms. The van der Waals surface area contributed by atoms with Gasteiger partial charge in [0.1, 0.15) is 5.01 Å². The van der Waals surface area contributed by atoms with Crippen LogP contribution in [0.2, 0.25) is 0 Å². The van der Waals surface area contributed by atoms with Crippen LogP contribution in [0.5, 0.6) is 0 Å². The largest absolute Gasteiger partial charge is 0.395 e. The molecule has 0 saturated carbocycles. The minimum Gasteiger partial charge on any atom is -0.395 e. The van der Waals surface area contributed by atoms with E-state index in [-0.39, 0.29) is 18.7 Å². The van der Waals surface area contributed by atoms with Gasteiger partial charge in [0.2, 0.25) is 0 Å². The first-order valence-corrected chi connectivity index (χ1v) is 8.51. The molecule has 0 saturated heterocycles. The van der Waals surface area contributed by atoms with Gasteiger partial charge in [0, 0.05) is 24.2 Å². The Labute approximate surface area is 141 Å². The fraction of sp³-hybridized carbons (Fsp3) is 0.412. The fourth-order valence-electron chi connectivity index (χ4n) is 2.20. The Morgan fingerprint density at radius 2 is 2.04 bits per heavy atom. The first kappa shape index (κ1) is 17.4. The molecule has 1 unspecified atom stereocenters. The summed E-state index contributed by atoms with van der Waals surface area (Å²) < 4.78 is 0. The highest BCUT2D eigenvalue weighted by atomic mass is 32.1. The number of aliphatic hydroxyl groups is 1. The molecule has 0 radical (unpaired) electrons. The summed E-state index contributed by atoms with van der Waals surface area (Å²) in [5, 5.41) is 15.0. The summed E-state index contributed by atoms with van der Waals surface area (Å²) in [7, 11) is 0. The third-order valence-electron chi connectivity index (χ3n) is 3.50. The number of carbonyl (C=O) groups is 1. The Morgan fingerprint density at radius 3 is 2.61 bits per heavy atom. The van der Waals surface area contributed by atoms with E-state index in [0.29, 0.717) is 13.1 Å². The van der Waals surface area contributed by atoms with E-state index in [2.05, 4.69) is 10.3 Å². The molecule has 2 amide bonds. The molecular formula is C17H23N3O2S. The van der Waals surface area contributed by atoms with Crippen molar-refractivity contribution in [2.24, 2.45) is 0 Å². The monoisotopic (exact) mass is 333 g/mol. The second-order valence-electron chi connectivity index (χ2n) is 5.63. The lowest BCUT2D eigenvalue weighted by Gasteiger charge is -2.24. The molecule has 0 fully saturated rings. The molecule has 2 N–H and O–H groups in total. The number of hydrogen-bond acceptors (Lipinski definition) is 4. The fourth-order valence-corrected chi connectivity index (χ4v) is 3.00. The van der Waals surface area contributed by atoms with Gasteiger partial charge in [-0.3, -0.25) is 0 Å². The lowest BCUT2D eigenvalue weighted by atomic mass is 10.1. The molecule has 6 heteroatoms. The molecule has 0 aliphatic heterocycles. The van der Waals surface area contributed by atoms with Crippen LogP contribution in [0, 0.1) is 13.8 Å². The van der Waals surface area contributed by atoms with Gasteiger partial charge in [-0.15, -0.1) is 11.3 Å². The molecular weight excluding hydrogens is 310 g/mol. The number of aliphatic hydroxyl groups excluding tert-OH is 1. The predicted molar refractivity (Wildman–Crippen MR) is 92.5 cm³/mol. The van der Waals surface area contributed by atoms with Crippen LogP contribution in [-0.4, -0.2) is 34.2 Å². The zero-order valence-electron chi connectivity index (χ0n) is 13.7. The van der Waals surface area contributed by atoms with E-state index in [1.54, 1.807) is 4.90 Å². The van der Waals surface area contributed by atoms with Crippen molar-refractivity contribution in [3.63, 3.8) is 0 Å². The number of rotatable bonds is 6. The number of nitrogens with zero attached hydrogens (tertiary/aromatic N) is 2. The Kier molecular flexibility index (Phi) is 6.12. The minimum absolute atomic E-state index is 0.0655. The van der Waals surface area contributed by atoms with E-state index in [1.807, 2.05) is 50.4 Å². The number of benzene rings is 1. The van der Waals surface area contributed by atoms with Gasteiger partial charge in [0.05, 0.1) is 12.6 Å². The molecule has 1 heterocycles. The maximum absolute atomic E-state index is 12.5. The van der Waals surface area contributed by atoms with E-state index in [4.69, 9.17) is 0 Å². The van der Waals surface area contributed by atoms with Gasteiger partial charge in [-0.2, -0.15) is 0 Å². The highest BCUT2D eigenvalue weighted by Crippen LogP contribution is 2.18. The maximum Gasteiger partial charge on any atom is 0.318 e. The minimum atomic E-state index is -0.194. The second kappa shape index (κ2) is 8.08. The molecule has 23 heavy (non-hydrogen) atoms. The SMILES string of the molecule is Cc1ccc(CN(CCO)C(=O)NC(C)c2nc(C)cs2)cc1. The van der Waals surface area contributed by atoms with Crippen LogP contribution in [0.25, 0.3) is 0 Å². The van der Waals surface area contributed by atoms with Gasteiger partial charge >= 0.3 is 6.03 Å². The van der Waals surface area contributed by atoms with Crippen LogP contribution in [0.4, 0.5) is 4.79 Å². The molecule has 2 aromatic rings. The number of aryl methyl sites for hydroxylation is 2. The van der Waals surface area contributed by atoms with Crippen molar-refractivity contribution in [1.29, 1.82) is 0 Å². The van der Waals surface area contributed by atoms with Crippen molar-refractivity contribution in [2.75, 3.05) is 13.2 Å². The number of hydrogen-bond donors (Lipinski definition) is 2. The highest BCUT2D eigenvalue weighted by molar-refractivity contribution is 7.09. The average molecular weight is 333 g/mol. The van der Waals surface area contributed by atoms with Gasteiger partial charge in [-0.1, -0.05) is 29.8 Å². The Bertz CT molecular complexity index is 640. The number of carbonyl (C=O) groups excluding carboxylic acids is 1. The number of amides is 2. The van der Waals surface area contributed by atoms with Crippen LogP contribution in [0.1, 0.15) is 34.8 Å². The summed E-state index contributed by atoms with van der Waals surface area (Å²) in [6.45, 7) is 6.58. The Balaban J connectivity index is 2.01. The van der Waals surface area contributed by atoms with Crippen molar-refractivity contribution in [3.8, 4) is 0 Å². The van der Waals surface area contributed by atoms with Crippen molar-refractivity contribution >= 4 is 17.4 Å². The van der Waals surface area contributed by atoms with Crippen LogP contribution < -0.4 is 5.32 Å². The molecule has 0 spiro atoms. The van der Waals surface area contributed by atoms with Gasteiger partial charge in [-0.05, 0) is 26.3 Å². The van der Waals surface area contributed by atoms with Crippen LogP contribution in [0.3, 0.4) is 0 Å². The summed E-state index contributed by atoms with van der Waals surface area (Å²) in [5.41, 5.74) is 3.18. The van der Waals surface area contributed by atoms with Crippen LogP contribution >= 0.6 is 11.3 Å². The highest BCUT2D eigenvalue weighted by Gasteiger charge is 2.18. The molecule has 1 aromatic heterocycles. The third kappa shape index (κ3) is 5.04. The molecule has 124 valence electrons. The normalized spacial score (nSPS) is 12.0. The topological polar surface area (TPSA) is 65.5 Å². The molecule has 0 aliphatic carbocycles. The van der Waals surface area contributed by atoms with Crippen molar-refractivity contribution in [1.82, 2.24) is 15.2 Å². The van der Waals surface area contributed by atoms with Crippen LogP contribution in [0.15, 0.2) is 29.6 Å². The van der Waals surface area contributed by atoms with E-state index in [9.17, 15) is 9.90 Å². The van der Waals surface area contributed by atoms with E-state index in [1.165, 1.54) is 16.9 Å². The van der Waals surface area contributed by atoms with Crippen molar-refractivity contribution < 1.29 is 9.90 Å². The second-order valence-corrected chi connectivity index (χ2v) is 6.52. The predicted octanol–water partition coefficient (Wildman–Crippen LogP) is 3.03. The Hall–Kier alpha value is -1.92. The summed E-state index contributed by atoms with van der Waals surface area (Å²) in [6, 6.07) is 7.69. The molecule has 0 aliphatic rings. The van der Waals surface area contributed by atoms with Gasteiger partial charge in [0.25, 0.3) is 0 Å². The quantitative estimate of drug-likeness (QED) is 0.854. The molecule has 2 rings (SSSR count). The summed E-state index contributed by atoms with van der Waals surface area (Å²) >= 11 is 1.54. The molecule has 1 aromatic carbocycles. The smallest absolute Gasteiger partial charge is 0.318 e. The van der Waals surface area contributed by atoms with Gasteiger partial charge in [-0.25, -0.2) is 9.78 Å². The van der Waals surface area contributed by atoms with Gasteiger partial charge < -0.3 is 15.3 Å². The van der Waals surface area contributed by atoms with Crippen molar-refractivity contribution in [3.05, 3.63) is 51.5 Å². The Morgan fingerprint density at radius 1 is 1.35 bits per heavy atom. The lowest BCUT2D eigenvalue weighted by Crippen LogP contribution is -2.42. The zero-order valence-corrected chi connectivity index (χ0v) is 14.6. The standard InChI is InChI=1S/C17H23N3O2S/c1-12-4-6-15(7-5-12)10-20(8-9-21)17(22)19-14(3)16-18-13(2)11-23-16/h4-7,11,14,21H,8-10H2,1-3H3,(H,19,22). The molecule has 1 atom stereocenters. The van der Waals surface area contributed by atoms with E-state index < -0.39 is 0 Å². The van der Waals surface area contributed by atoms with E-state index >= 15 is 0 Å². The molecule has 5 nitrogen and oxygen atoms in total.